The van der Waals surface area contributed by atoms with E-state index in [4.69, 9.17) is 0 Å². The Labute approximate surface area is 81.4 Å². The molecular weight excluding hydrogens is 179 g/mol. The van der Waals surface area contributed by atoms with Gasteiger partial charge in [-0.15, -0.1) is 0 Å². The Morgan fingerprint density at radius 1 is 1.29 bits per heavy atom. The minimum absolute atomic E-state index is 0.0672. The molecule has 0 aromatic rings. The predicted octanol–water partition coefficient (Wildman–Crippen LogP) is 1.94. The van der Waals surface area contributed by atoms with Crippen molar-refractivity contribution in [1.82, 2.24) is 4.90 Å². The second-order valence-corrected chi connectivity index (χ2v) is 3.49. The lowest BCUT2D eigenvalue weighted by atomic mass is 10.0. The molecular formula is C11H9FN2. The quantitative estimate of drug-likeness (QED) is 0.567. The van der Waals surface area contributed by atoms with Crippen molar-refractivity contribution in [2.45, 2.75) is 12.1 Å². The Bertz CT molecular complexity index is 415. The maximum Gasteiger partial charge on any atom is 0.128 e. The standard InChI is InChI=1S/C11H9FN2/c12-8-4-5-10-9(7-8)13-11-3-1-2-6-14(10)11/h1-7,9-10H. The molecule has 0 bridgehead atoms. The van der Waals surface area contributed by atoms with E-state index in [-0.39, 0.29) is 17.9 Å². The molecule has 0 aromatic carbocycles. The van der Waals surface area contributed by atoms with Gasteiger partial charge in [-0.05, 0) is 24.3 Å². The van der Waals surface area contributed by atoms with Gasteiger partial charge in [0.25, 0.3) is 0 Å². The second kappa shape index (κ2) is 2.67. The van der Waals surface area contributed by atoms with E-state index in [2.05, 4.69) is 9.89 Å². The summed E-state index contributed by atoms with van der Waals surface area (Å²) in [7, 11) is 0. The minimum atomic E-state index is -0.191. The molecule has 2 heterocycles. The minimum Gasteiger partial charge on any atom is -0.324 e. The number of hydrogen-bond donors (Lipinski definition) is 0. The lowest BCUT2D eigenvalue weighted by molar-refractivity contribution is 0.466. The Morgan fingerprint density at radius 3 is 3.14 bits per heavy atom. The van der Waals surface area contributed by atoms with Crippen LogP contribution in [0.2, 0.25) is 0 Å². The Morgan fingerprint density at radius 2 is 2.21 bits per heavy atom. The molecule has 0 fully saturated rings. The molecule has 70 valence electrons. The number of rotatable bonds is 0. The van der Waals surface area contributed by atoms with Crippen LogP contribution in [0.4, 0.5) is 4.39 Å². The fraction of sp³-hybridized carbons (Fsp3) is 0.182. The van der Waals surface area contributed by atoms with Crippen molar-refractivity contribution in [2.24, 2.45) is 4.99 Å². The average molecular weight is 188 g/mol. The summed E-state index contributed by atoms with van der Waals surface area (Å²) < 4.78 is 12.9. The zero-order valence-corrected chi connectivity index (χ0v) is 7.47. The smallest absolute Gasteiger partial charge is 0.128 e. The normalized spacial score (nSPS) is 32.5. The molecule has 0 N–H and O–H groups in total. The average Bonchev–Trinajstić information content (AvgIpc) is 2.54. The molecule has 2 atom stereocenters. The van der Waals surface area contributed by atoms with Gasteiger partial charge in [0, 0.05) is 6.20 Å². The fourth-order valence-corrected chi connectivity index (χ4v) is 1.95. The number of allylic oxidation sites excluding steroid dienone is 4. The van der Waals surface area contributed by atoms with Gasteiger partial charge in [0.05, 0.1) is 12.1 Å². The van der Waals surface area contributed by atoms with Crippen LogP contribution in [-0.2, 0) is 0 Å². The summed E-state index contributed by atoms with van der Waals surface area (Å²) >= 11 is 0. The first kappa shape index (κ1) is 7.74. The number of amidine groups is 1. The van der Waals surface area contributed by atoms with Crippen LogP contribution in [0.1, 0.15) is 0 Å². The summed E-state index contributed by atoms with van der Waals surface area (Å²) in [6.45, 7) is 0. The molecule has 2 nitrogen and oxygen atoms in total. The number of aliphatic imine (C=N–C) groups is 1. The topological polar surface area (TPSA) is 15.6 Å². The van der Waals surface area contributed by atoms with E-state index >= 15 is 0 Å². The van der Waals surface area contributed by atoms with Crippen LogP contribution in [0.15, 0.2) is 53.5 Å². The lowest BCUT2D eigenvalue weighted by Crippen LogP contribution is -2.34. The highest BCUT2D eigenvalue weighted by molar-refractivity contribution is 5.97. The molecule has 14 heavy (non-hydrogen) atoms. The maximum absolute atomic E-state index is 12.9. The van der Waals surface area contributed by atoms with Gasteiger partial charge in [-0.2, -0.15) is 0 Å². The zero-order chi connectivity index (χ0) is 9.54. The molecule has 0 aromatic heterocycles. The highest BCUT2D eigenvalue weighted by atomic mass is 19.1. The molecule has 0 saturated heterocycles. The Hall–Kier alpha value is -1.64. The molecule has 2 unspecified atom stereocenters. The van der Waals surface area contributed by atoms with Crippen molar-refractivity contribution in [3.05, 3.63) is 48.5 Å². The molecule has 3 heteroatoms. The van der Waals surface area contributed by atoms with E-state index < -0.39 is 0 Å². The summed E-state index contributed by atoms with van der Waals surface area (Å²) in [5.41, 5.74) is 0. The van der Waals surface area contributed by atoms with Gasteiger partial charge in [0.2, 0.25) is 0 Å². The molecule has 0 saturated carbocycles. The largest absolute Gasteiger partial charge is 0.324 e. The van der Waals surface area contributed by atoms with Crippen LogP contribution in [0.3, 0.4) is 0 Å². The van der Waals surface area contributed by atoms with E-state index in [1.54, 1.807) is 6.08 Å². The number of fused-ring (bicyclic) bond motifs is 3. The van der Waals surface area contributed by atoms with Crippen LogP contribution >= 0.6 is 0 Å². The summed E-state index contributed by atoms with van der Waals surface area (Å²) in [6.07, 6.45) is 12.8. The Balaban J connectivity index is 2.01. The van der Waals surface area contributed by atoms with E-state index in [1.165, 1.54) is 6.08 Å². The molecule has 3 rings (SSSR count). The van der Waals surface area contributed by atoms with Crippen molar-refractivity contribution >= 4 is 5.84 Å². The van der Waals surface area contributed by atoms with E-state index in [0.29, 0.717) is 0 Å². The van der Waals surface area contributed by atoms with Crippen molar-refractivity contribution < 1.29 is 4.39 Å². The van der Waals surface area contributed by atoms with E-state index in [9.17, 15) is 4.39 Å². The fourth-order valence-electron chi connectivity index (χ4n) is 1.95. The molecule has 0 radical (unpaired) electrons. The molecule has 0 spiro atoms. The maximum atomic E-state index is 12.9. The van der Waals surface area contributed by atoms with Crippen LogP contribution in [0.25, 0.3) is 0 Å². The van der Waals surface area contributed by atoms with Gasteiger partial charge < -0.3 is 4.90 Å². The SMILES string of the molecule is FC1=CC2N=C3C=CC=CN3C2C=C1. The second-order valence-electron chi connectivity index (χ2n) is 3.49. The Kier molecular flexibility index (Phi) is 1.48. The third-order valence-electron chi connectivity index (χ3n) is 2.60. The first-order valence-electron chi connectivity index (χ1n) is 4.61. The first-order valence-corrected chi connectivity index (χ1v) is 4.61. The number of hydrogen-bond acceptors (Lipinski definition) is 2. The lowest BCUT2D eigenvalue weighted by Gasteiger charge is -2.25. The van der Waals surface area contributed by atoms with Crippen LogP contribution in [0, 0.1) is 0 Å². The zero-order valence-electron chi connectivity index (χ0n) is 7.47. The first-order chi connectivity index (χ1) is 6.84. The van der Waals surface area contributed by atoms with E-state index in [0.717, 1.165) is 5.84 Å². The predicted molar refractivity (Wildman–Crippen MR) is 53.5 cm³/mol. The van der Waals surface area contributed by atoms with Gasteiger partial charge in [0.15, 0.2) is 0 Å². The van der Waals surface area contributed by atoms with Gasteiger partial charge >= 0.3 is 0 Å². The molecule has 2 aliphatic heterocycles. The van der Waals surface area contributed by atoms with Crippen molar-refractivity contribution in [2.75, 3.05) is 0 Å². The highest BCUT2D eigenvalue weighted by Gasteiger charge is 2.33. The number of halogens is 1. The van der Waals surface area contributed by atoms with Crippen LogP contribution in [-0.4, -0.2) is 22.8 Å². The third-order valence-corrected chi connectivity index (χ3v) is 2.60. The van der Waals surface area contributed by atoms with Gasteiger partial charge in [-0.25, -0.2) is 4.39 Å². The molecule has 3 aliphatic rings. The monoisotopic (exact) mass is 188 g/mol. The van der Waals surface area contributed by atoms with Crippen molar-refractivity contribution in [1.29, 1.82) is 0 Å². The van der Waals surface area contributed by atoms with Crippen molar-refractivity contribution in [3.63, 3.8) is 0 Å². The highest BCUT2D eigenvalue weighted by Crippen LogP contribution is 2.27. The summed E-state index contributed by atoms with van der Waals surface area (Å²) in [5.74, 6) is 0.724. The van der Waals surface area contributed by atoms with Crippen LogP contribution < -0.4 is 0 Å². The summed E-state index contributed by atoms with van der Waals surface area (Å²) in [5, 5.41) is 0. The molecule has 1 aliphatic carbocycles. The van der Waals surface area contributed by atoms with Crippen LogP contribution in [0.5, 0.6) is 0 Å². The third kappa shape index (κ3) is 0.985. The van der Waals surface area contributed by atoms with Crippen molar-refractivity contribution in [3.8, 4) is 0 Å². The summed E-state index contributed by atoms with van der Waals surface area (Å²) in [4.78, 5) is 6.48. The van der Waals surface area contributed by atoms with Gasteiger partial charge in [-0.3, -0.25) is 4.99 Å². The van der Waals surface area contributed by atoms with E-state index in [1.807, 2.05) is 30.5 Å². The number of nitrogens with zero attached hydrogens (tertiary/aromatic N) is 2. The van der Waals surface area contributed by atoms with Gasteiger partial charge in [0.1, 0.15) is 11.7 Å². The van der Waals surface area contributed by atoms with Gasteiger partial charge in [-0.1, -0.05) is 12.2 Å². The summed E-state index contributed by atoms with van der Waals surface area (Å²) in [6, 6.07) is 0.0908. The molecule has 0 amide bonds.